The summed E-state index contributed by atoms with van der Waals surface area (Å²) in [5.74, 6) is 0. The van der Waals surface area contributed by atoms with Crippen LogP contribution in [0.4, 0.5) is 34.1 Å². The Kier molecular flexibility index (Phi) is 5.04. The maximum Gasteiger partial charge on any atom is 0.0718 e. The normalized spacial score (nSPS) is 12.5. The Hall–Kier alpha value is -2.36. The van der Waals surface area contributed by atoms with Crippen molar-refractivity contribution in [2.45, 2.75) is 0 Å². The summed E-state index contributed by atoms with van der Waals surface area (Å²) in [6.07, 6.45) is 0. The van der Waals surface area contributed by atoms with Crippen LogP contribution in [0.15, 0.2) is 84.9 Å². The lowest BCUT2D eigenvalue weighted by atomic mass is 10.0. The monoisotopic (exact) mass is 470 g/mol. The van der Waals surface area contributed by atoms with E-state index in [9.17, 15) is 0 Å². The summed E-state index contributed by atoms with van der Waals surface area (Å²) in [7, 11) is 0. The molecule has 0 N–H and O–H groups in total. The number of fused-ring (bicyclic) bond motifs is 2. The van der Waals surface area contributed by atoms with Crippen LogP contribution in [0.5, 0.6) is 0 Å². The van der Waals surface area contributed by atoms with Gasteiger partial charge in [0.05, 0.1) is 22.7 Å². The van der Waals surface area contributed by atoms with Crippen LogP contribution in [0.1, 0.15) is 0 Å². The zero-order valence-corrected chi connectivity index (χ0v) is 18.5. The molecule has 4 aromatic rings. The van der Waals surface area contributed by atoms with Crippen molar-refractivity contribution in [3.05, 3.63) is 105 Å². The van der Waals surface area contributed by atoms with E-state index in [1.165, 1.54) is 0 Å². The molecule has 1 aliphatic rings. The van der Waals surface area contributed by atoms with Crippen molar-refractivity contribution in [3.8, 4) is 0 Å². The van der Waals surface area contributed by atoms with Crippen LogP contribution in [0, 0.1) is 0 Å². The number of benzene rings is 4. The fourth-order valence-corrected chi connectivity index (χ4v) is 4.31. The van der Waals surface area contributed by atoms with Gasteiger partial charge in [-0.2, -0.15) is 0 Å². The number of anilines is 6. The summed E-state index contributed by atoms with van der Waals surface area (Å²) in [4.78, 5) is 4.32. The topological polar surface area (TPSA) is 6.48 Å². The van der Waals surface area contributed by atoms with E-state index in [2.05, 4.69) is 9.80 Å². The van der Waals surface area contributed by atoms with Crippen molar-refractivity contribution in [3.63, 3.8) is 0 Å². The molecule has 0 aromatic heterocycles. The van der Waals surface area contributed by atoms with E-state index < -0.39 is 0 Å². The largest absolute Gasteiger partial charge is 0.306 e. The lowest BCUT2D eigenvalue weighted by Crippen LogP contribution is -2.24. The summed E-state index contributed by atoms with van der Waals surface area (Å²) >= 11 is 25.1. The molecule has 0 aliphatic carbocycles. The highest BCUT2D eigenvalue weighted by Crippen LogP contribution is 2.55. The van der Waals surface area contributed by atoms with Crippen LogP contribution < -0.4 is 9.80 Å². The third-order valence-corrected chi connectivity index (χ3v) is 5.98. The average molecular weight is 472 g/mol. The van der Waals surface area contributed by atoms with Gasteiger partial charge in [0.25, 0.3) is 0 Å². The maximum atomic E-state index is 6.42. The fourth-order valence-electron chi connectivity index (χ4n) is 3.73. The van der Waals surface area contributed by atoms with Crippen molar-refractivity contribution in [1.82, 2.24) is 0 Å². The van der Waals surface area contributed by atoms with Crippen molar-refractivity contribution in [1.29, 1.82) is 0 Å². The van der Waals surface area contributed by atoms with Gasteiger partial charge in [-0.25, -0.2) is 0 Å². The Morgan fingerprint density at radius 2 is 0.700 bits per heavy atom. The Bertz CT molecular complexity index is 1140. The Morgan fingerprint density at radius 3 is 1.07 bits per heavy atom. The molecule has 1 aliphatic heterocycles. The van der Waals surface area contributed by atoms with Crippen LogP contribution in [0.2, 0.25) is 20.1 Å². The van der Waals surface area contributed by atoms with Crippen molar-refractivity contribution >= 4 is 80.5 Å². The minimum atomic E-state index is 0.654. The van der Waals surface area contributed by atoms with E-state index in [-0.39, 0.29) is 0 Å². The molecule has 0 amide bonds. The lowest BCUT2D eigenvalue weighted by Gasteiger charge is -2.40. The third kappa shape index (κ3) is 3.40. The van der Waals surface area contributed by atoms with E-state index in [1.54, 1.807) is 0 Å². The molecule has 0 saturated carbocycles. The predicted octanol–water partition coefficient (Wildman–Crippen LogP) is 9.55. The van der Waals surface area contributed by atoms with Gasteiger partial charge in [-0.05, 0) is 84.9 Å². The van der Waals surface area contributed by atoms with E-state index in [1.807, 2.05) is 84.9 Å². The number of halogens is 4. The van der Waals surface area contributed by atoms with Crippen LogP contribution in [-0.4, -0.2) is 0 Å². The second kappa shape index (κ2) is 7.72. The molecule has 0 saturated heterocycles. The number of hydrogen-bond acceptors (Lipinski definition) is 2. The van der Waals surface area contributed by atoms with Gasteiger partial charge in [0.15, 0.2) is 0 Å². The molecule has 30 heavy (non-hydrogen) atoms. The molecule has 0 atom stereocenters. The van der Waals surface area contributed by atoms with E-state index in [0.29, 0.717) is 20.1 Å². The summed E-state index contributed by atoms with van der Waals surface area (Å²) in [6, 6.07) is 27.2. The highest BCUT2D eigenvalue weighted by Gasteiger charge is 2.31. The number of hydrogen-bond donors (Lipinski definition) is 0. The highest BCUT2D eigenvalue weighted by molar-refractivity contribution is 6.32. The second-order valence-electron chi connectivity index (χ2n) is 6.89. The standard InChI is InChI=1S/C24H14Cl4N2/c25-15-1-7-19(8-2-15)29-21-11-5-18(28)14-24(21)30(20-9-3-16(26)4-10-20)22-12-6-17(27)13-23(22)29/h1-14H. The minimum Gasteiger partial charge on any atom is -0.306 e. The Balaban J connectivity index is 1.81. The maximum absolute atomic E-state index is 6.42. The van der Waals surface area contributed by atoms with Gasteiger partial charge in [0, 0.05) is 31.5 Å². The second-order valence-corrected chi connectivity index (χ2v) is 8.64. The summed E-state index contributed by atoms with van der Waals surface area (Å²) in [5.41, 5.74) is 5.81. The Morgan fingerprint density at radius 1 is 0.367 bits per heavy atom. The predicted molar refractivity (Wildman–Crippen MR) is 129 cm³/mol. The van der Waals surface area contributed by atoms with Crippen LogP contribution in [-0.2, 0) is 0 Å². The van der Waals surface area contributed by atoms with E-state index >= 15 is 0 Å². The number of nitrogens with zero attached hydrogens (tertiary/aromatic N) is 2. The van der Waals surface area contributed by atoms with E-state index in [4.69, 9.17) is 46.4 Å². The zero-order chi connectivity index (χ0) is 20.8. The van der Waals surface area contributed by atoms with Gasteiger partial charge in [0.2, 0.25) is 0 Å². The smallest absolute Gasteiger partial charge is 0.0718 e. The van der Waals surface area contributed by atoms with Crippen molar-refractivity contribution < 1.29 is 0 Å². The van der Waals surface area contributed by atoms with Crippen LogP contribution in [0.3, 0.4) is 0 Å². The molecule has 4 aromatic carbocycles. The highest BCUT2D eigenvalue weighted by atomic mass is 35.5. The quantitative estimate of drug-likeness (QED) is 0.253. The van der Waals surface area contributed by atoms with Crippen molar-refractivity contribution in [2.75, 3.05) is 9.80 Å². The molecule has 2 nitrogen and oxygen atoms in total. The summed E-state index contributed by atoms with van der Waals surface area (Å²) < 4.78 is 0. The average Bonchev–Trinajstić information content (AvgIpc) is 2.74. The third-order valence-electron chi connectivity index (χ3n) is 5.01. The zero-order valence-electron chi connectivity index (χ0n) is 15.5. The molecular weight excluding hydrogens is 458 g/mol. The molecular formula is C24H14Cl4N2. The van der Waals surface area contributed by atoms with Gasteiger partial charge in [-0.1, -0.05) is 46.4 Å². The minimum absolute atomic E-state index is 0.654. The lowest BCUT2D eigenvalue weighted by molar-refractivity contribution is 1.17. The first-order chi connectivity index (χ1) is 14.5. The van der Waals surface area contributed by atoms with Gasteiger partial charge in [-0.3, -0.25) is 0 Å². The summed E-state index contributed by atoms with van der Waals surface area (Å²) in [5, 5.41) is 2.67. The molecule has 0 unspecified atom stereocenters. The first kappa shape index (κ1) is 19.6. The molecule has 0 bridgehead atoms. The molecule has 0 fully saturated rings. The number of rotatable bonds is 2. The SMILES string of the molecule is Clc1ccc(N2c3ccc(Cl)cc3N(c3ccc(Cl)cc3)c3ccc(Cl)cc32)cc1. The molecule has 0 spiro atoms. The van der Waals surface area contributed by atoms with Crippen LogP contribution in [0.25, 0.3) is 0 Å². The van der Waals surface area contributed by atoms with Gasteiger partial charge in [-0.15, -0.1) is 0 Å². The van der Waals surface area contributed by atoms with Gasteiger partial charge < -0.3 is 9.80 Å². The van der Waals surface area contributed by atoms with Crippen LogP contribution >= 0.6 is 46.4 Å². The van der Waals surface area contributed by atoms with E-state index in [0.717, 1.165) is 34.1 Å². The fraction of sp³-hybridized carbons (Fsp3) is 0. The summed E-state index contributed by atoms with van der Waals surface area (Å²) in [6.45, 7) is 0. The molecule has 1 heterocycles. The van der Waals surface area contributed by atoms with Crippen molar-refractivity contribution in [2.24, 2.45) is 0 Å². The first-order valence-electron chi connectivity index (χ1n) is 9.22. The first-order valence-corrected chi connectivity index (χ1v) is 10.7. The molecule has 6 heteroatoms. The van der Waals surface area contributed by atoms with Gasteiger partial charge >= 0.3 is 0 Å². The molecule has 5 rings (SSSR count). The molecule has 0 radical (unpaired) electrons. The van der Waals surface area contributed by atoms with Gasteiger partial charge in [0.1, 0.15) is 0 Å². The Labute approximate surface area is 194 Å². The molecule has 148 valence electrons.